The lowest BCUT2D eigenvalue weighted by molar-refractivity contribution is -0.133. The first-order valence-corrected chi connectivity index (χ1v) is 13.6. The summed E-state index contributed by atoms with van der Waals surface area (Å²) >= 11 is 1.60. The molecule has 196 valence electrons. The predicted molar refractivity (Wildman–Crippen MR) is 154 cm³/mol. The van der Waals surface area contributed by atoms with Crippen molar-refractivity contribution in [1.29, 1.82) is 0 Å². The van der Waals surface area contributed by atoms with Crippen molar-refractivity contribution in [1.82, 2.24) is 0 Å². The maximum atomic E-state index is 11.3. The molecule has 0 amide bonds. The summed E-state index contributed by atoms with van der Waals surface area (Å²) in [6.07, 6.45) is -0.0567. The van der Waals surface area contributed by atoms with Gasteiger partial charge in [-0.15, -0.1) is 0 Å². The van der Waals surface area contributed by atoms with Crippen molar-refractivity contribution in [2.24, 2.45) is 0 Å². The molecule has 0 fully saturated rings. The Kier molecular flexibility index (Phi) is 11.7. The minimum atomic E-state index is -0.894. The van der Waals surface area contributed by atoms with Crippen LogP contribution in [0.5, 0.6) is 0 Å². The van der Waals surface area contributed by atoms with Crippen LogP contribution in [0, 0.1) is 0 Å². The lowest BCUT2D eigenvalue weighted by atomic mass is 10.1. The molecule has 0 saturated heterocycles. The van der Waals surface area contributed by atoms with E-state index in [1.807, 2.05) is 121 Å². The standard InChI is InChI=1S/C33H34O4S/c34-31(26-35-23-27-13-5-1-6-14-27)33(37-25-29-17-9-3-10-18-29)32(36-24-28-15-7-2-8-16-28)21-22-38-30-19-11-4-12-20-30/h1-22,31-34H,23-26H2/b22-21+/t31-,32-,33-/m1/s1. The van der Waals surface area contributed by atoms with Crippen LogP contribution in [0.3, 0.4) is 0 Å². The van der Waals surface area contributed by atoms with Crippen LogP contribution in [0.15, 0.2) is 138 Å². The van der Waals surface area contributed by atoms with Gasteiger partial charge in [-0.05, 0) is 40.3 Å². The molecule has 0 bridgehead atoms. The lowest BCUT2D eigenvalue weighted by Crippen LogP contribution is -2.42. The van der Waals surface area contributed by atoms with Gasteiger partial charge >= 0.3 is 0 Å². The fourth-order valence-electron chi connectivity index (χ4n) is 3.88. The normalized spacial score (nSPS) is 13.8. The van der Waals surface area contributed by atoms with Crippen molar-refractivity contribution >= 4 is 11.8 Å². The van der Waals surface area contributed by atoms with Gasteiger partial charge in [0.25, 0.3) is 0 Å². The van der Waals surface area contributed by atoms with E-state index < -0.39 is 18.3 Å². The molecule has 5 heteroatoms. The van der Waals surface area contributed by atoms with Crippen LogP contribution in [-0.4, -0.2) is 30.0 Å². The molecule has 4 rings (SSSR count). The second-order valence-electron chi connectivity index (χ2n) is 8.85. The van der Waals surface area contributed by atoms with Crippen LogP contribution in [0.1, 0.15) is 16.7 Å². The van der Waals surface area contributed by atoms with Crippen molar-refractivity contribution in [2.45, 2.75) is 43.0 Å². The van der Waals surface area contributed by atoms with E-state index in [4.69, 9.17) is 14.2 Å². The number of rotatable bonds is 15. The maximum Gasteiger partial charge on any atom is 0.116 e. The first kappa shape index (κ1) is 27.8. The summed E-state index contributed by atoms with van der Waals surface area (Å²) in [5, 5.41) is 13.3. The van der Waals surface area contributed by atoms with Crippen molar-refractivity contribution in [2.75, 3.05) is 6.61 Å². The minimum absolute atomic E-state index is 0.124. The number of hydrogen-bond acceptors (Lipinski definition) is 5. The quantitative estimate of drug-likeness (QED) is 0.168. The van der Waals surface area contributed by atoms with Gasteiger partial charge in [0, 0.05) is 4.90 Å². The lowest BCUT2D eigenvalue weighted by Gasteiger charge is -2.29. The molecule has 4 nitrogen and oxygen atoms in total. The Hall–Kier alpha value is -3.19. The van der Waals surface area contributed by atoms with E-state index in [0.717, 1.165) is 21.6 Å². The predicted octanol–water partition coefficient (Wildman–Crippen LogP) is 7.04. The third kappa shape index (κ3) is 9.60. The summed E-state index contributed by atoms with van der Waals surface area (Å²) in [4.78, 5) is 1.12. The van der Waals surface area contributed by atoms with Gasteiger partial charge in [0.2, 0.25) is 0 Å². The molecule has 0 aliphatic heterocycles. The molecule has 38 heavy (non-hydrogen) atoms. The zero-order valence-corrected chi connectivity index (χ0v) is 22.2. The van der Waals surface area contributed by atoms with Gasteiger partial charge in [0.1, 0.15) is 18.3 Å². The Bertz CT molecular complexity index is 1190. The van der Waals surface area contributed by atoms with E-state index >= 15 is 0 Å². The van der Waals surface area contributed by atoms with Crippen LogP contribution in [0.25, 0.3) is 0 Å². The van der Waals surface area contributed by atoms with Gasteiger partial charge in [-0.3, -0.25) is 0 Å². The van der Waals surface area contributed by atoms with Crippen LogP contribution < -0.4 is 0 Å². The molecule has 0 aliphatic carbocycles. The largest absolute Gasteiger partial charge is 0.388 e. The minimum Gasteiger partial charge on any atom is -0.388 e. The highest BCUT2D eigenvalue weighted by Crippen LogP contribution is 2.22. The SMILES string of the molecule is O[C@H](COCc1ccccc1)[C@@H](OCc1ccccc1)[C@@H](/C=C/Sc1ccccc1)OCc1ccccc1. The number of benzene rings is 4. The summed E-state index contributed by atoms with van der Waals surface area (Å²) in [5.41, 5.74) is 3.13. The second-order valence-corrected chi connectivity index (χ2v) is 9.83. The Morgan fingerprint density at radius 2 is 1.08 bits per heavy atom. The molecule has 0 radical (unpaired) electrons. The van der Waals surface area contributed by atoms with E-state index in [2.05, 4.69) is 12.1 Å². The van der Waals surface area contributed by atoms with Gasteiger partial charge in [-0.25, -0.2) is 0 Å². The third-order valence-electron chi connectivity index (χ3n) is 5.89. The van der Waals surface area contributed by atoms with Crippen molar-refractivity contribution in [3.8, 4) is 0 Å². The fourth-order valence-corrected chi connectivity index (χ4v) is 4.58. The van der Waals surface area contributed by atoms with E-state index in [-0.39, 0.29) is 6.61 Å². The van der Waals surface area contributed by atoms with Crippen LogP contribution in [-0.2, 0) is 34.0 Å². The maximum absolute atomic E-state index is 11.3. The summed E-state index contributed by atoms with van der Waals surface area (Å²) in [6, 6.07) is 40.0. The Morgan fingerprint density at radius 3 is 1.63 bits per heavy atom. The average molecular weight is 527 g/mol. The van der Waals surface area contributed by atoms with Gasteiger partial charge < -0.3 is 19.3 Å². The average Bonchev–Trinajstić information content (AvgIpc) is 2.98. The van der Waals surface area contributed by atoms with Crippen molar-refractivity contribution in [3.63, 3.8) is 0 Å². The fraction of sp³-hybridized carbons (Fsp3) is 0.212. The molecule has 0 unspecified atom stereocenters. The highest BCUT2D eigenvalue weighted by molar-refractivity contribution is 8.02. The molecular formula is C33H34O4S. The number of aliphatic hydroxyl groups excluding tert-OH is 1. The van der Waals surface area contributed by atoms with Crippen LogP contribution in [0.2, 0.25) is 0 Å². The summed E-state index contributed by atoms with van der Waals surface area (Å²) in [6.45, 7) is 1.29. The number of thioether (sulfide) groups is 1. The monoisotopic (exact) mass is 526 g/mol. The van der Waals surface area contributed by atoms with Gasteiger partial charge in [0.15, 0.2) is 0 Å². The zero-order valence-electron chi connectivity index (χ0n) is 21.3. The zero-order chi connectivity index (χ0) is 26.3. The van der Waals surface area contributed by atoms with Crippen molar-refractivity contribution < 1.29 is 19.3 Å². The van der Waals surface area contributed by atoms with Gasteiger partial charge in [0.05, 0.1) is 26.4 Å². The second kappa shape index (κ2) is 15.9. The highest BCUT2D eigenvalue weighted by atomic mass is 32.2. The van der Waals surface area contributed by atoms with E-state index in [0.29, 0.717) is 19.8 Å². The smallest absolute Gasteiger partial charge is 0.116 e. The topological polar surface area (TPSA) is 47.9 Å². The molecule has 0 spiro atoms. The highest BCUT2D eigenvalue weighted by Gasteiger charge is 2.29. The molecule has 1 N–H and O–H groups in total. The van der Waals surface area contributed by atoms with E-state index in [1.165, 1.54) is 0 Å². The van der Waals surface area contributed by atoms with E-state index in [9.17, 15) is 5.11 Å². The number of aliphatic hydroxyl groups is 1. The Labute approximate surface area is 229 Å². The molecule has 0 saturated carbocycles. The molecule has 4 aromatic rings. The van der Waals surface area contributed by atoms with E-state index in [1.54, 1.807) is 11.8 Å². The van der Waals surface area contributed by atoms with Crippen LogP contribution >= 0.6 is 11.8 Å². The molecule has 0 aromatic heterocycles. The molecule has 3 atom stereocenters. The summed E-state index contributed by atoms with van der Waals surface area (Å²) in [5.74, 6) is 0. The van der Waals surface area contributed by atoms with Crippen molar-refractivity contribution in [3.05, 3.63) is 150 Å². The first-order valence-electron chi connectivity index (χ1n) is 12.8. The number of hydrogen-bond donors (Lipinski definition) is 1. The number of ether oxygens (including phenoxy) is 3. The van der Waals surface area contributed by atoms with Gasteiger partial charge in [-0.2, -0.15) is 0 Å². The first-order chi connectivity index (χ1) is 18.8. The van der Waals surface area contributed by atoms with Gasteiger partial charge in [-0.1, -0.05) is 121 Å². The Morgan fingerprint density at radius 1 is 0.605 bits per heavy atom. The molecule has 0 heterocycles. The third-order valence-corrected chi connectivity index (χ3v) is 6.73. The molecular weight excluding hydrogens is 492 g/mol. The van der Waals surface area contributed by atoms with Crippen LogP contribution in [0.4, 0.5) is 0 Å². The summed E-state index contributed by atoms with van der Waals surface area (Å²) < 4.78 is 18.6. The summed E-state index contributed by atoms with van der Waals surface area (Å²) in [7, 11) is 0. The Balaban J connectivity index is 1.49. The molecule has 0 aliphatic rings. The molecule has 4 aromatic carbocycles.